The van der Waals surface area contributed by atoms with Crippen LogP contribution in [0.15, 0.2) is 18.2 Å². The van der Waals surface area contributed by atoms with E-state index in [1.807, 2.05) is 13.8 Å². The largest absolute Gasteiger partial charge is 0.496 e. The molecule has 0 spiro atoms. The summed E-state index contributed by atoms with van der Waals surface area (Å²) in [5, 5.41) is 14.0. The molecule has 1 rings (SSSR count). The number of nitrogens with one attached hydrogen (secondary N) is 1. The van der Waals surface area contributed by atoms with Gasteiger partial charge in [-0.25, -0.2) is 0 Å². The Hall–Kier alpha value is -1.82. The number of ether oxygens (including phenoxy) is 2. The van der Waals surface area contributed by atoms with Crippen LogP contribution in [-0.2, 0) is 4.74 Å². The summed E-state index contributed by atoms with van der Waals surface area (Å²) >= 11 is 0. The van der Waals surface area contributed by atoms with E-state index in [9.17, 15) is 10.1 Å². The maximum atomic E-state index is 10.8. The fourth-order valence-corrected chi connectivity index (χ4v) is 1.67. The summed E-state index contributed by atoms with van der Waals surface area (Å²) < 4.78 is 10.1. The SMILES string of the molecule is COCC(C)(C)Nc1cc(OC)cc([N+](=O)[O-])c1. The molecule has 0 aromatic heterocycles. The monoisotopic (exact) mass is 254 g/mol. The van der Waals surface area contributed by atoms with Crippen LogP contribution in [0.25, 0.3) is 0 Å². The summed E-state index contributed by atoms with van der Waals surface area (Å²) in [5.41, 5.74) is 0.294. The van der Waals surface area contributed by atoms with E-state index in [-0.39, 0.29) is 11.2 Å². The lowest BCUT2D eigenvalue weighted by atomic mass is 10.1. The van der Waals surface area contributed by atoms with Gasteiger partial charge in [0.15, 0.2) is 0 Å². The second kappa shape index (κ2) is 5.68. The molecule has 0 aliphatic carbocycles. The Morgan fingerprint density at radius 3 is 2.50 bits per heavy atom. The number of rotatable bonds is 6. The van der Waals surface area contributed by atoms with Gasteiger partial charge in [0.25, 0.3) is 5.69 Å². The molecule has 0 bridgehead atoms. The molecular formula is C12H18N2O4. The Morgan fingerprint density at radius 2 is 2.00 bits per heavy atom. The van der Waals surface area contributed by atoms with Crippen molar-refractivity contribution in [2.75, 3.05) is 26.1 Å². The van der Waals surface area contributed by atoms with Crippen LogP contribution in [0.5, 0.6) is 5.75 Å². The van der Waals surface area contributed by atoms with Crippen molar-refractivity contribution >= 4 is 11.4 Å². The fourth-order valence-electron chi connectivity index (χ4n) is 1.67. The normalized spacial score (nSPS) is 11.1. The van der Waals surface area contributed by atoms with Crippen molar-refractivity contribution in [3.8, 4) is 5.75 Å². The van der Waals surface area contributed by atoms with Crippen molar-refractivity contribution in [1.29, 1.82) is 0 Å². The van der Waals surface area contributed by atoms with Crippen LogP contribution in [0.1, 0.15) is 13.8 Å². The molecule has 1 aromatic carbocycles. The number of methoxy groups -OCH3 is 2. The van der Waals surface area contributed by atoms with Gasteiger partial charge in [0.2, 0.25) is 0 Å². The Balaban J connectivity index is 3.01. The van der Waals surface area contributed by atoms with E-state index in [1.165, 1.54) is 19.2 Å². The molecule has 1 N–H and O–H groups in total. The molecular weight excluding hydrogens is 236 g/mol. The first-order valence-electron chi connectivity index (χ1n) is 5.48. The molecule has 6 heteroatoms. The van der Waals surface area contributed by atoms with Gasteiger partial charge in [-0.3, -0.25) is 10.1 Å². The average molecular weight is 254 g/mol. The van der Waals surface area contributed by atoms with Crippen LogP contribution in [0.2, 0.25) is 0 Å². The highest BCUT2D eigenvalue weighted by atomic mass is 16.6. The number of hydrogen-bond acceptors (Lipinski definition) is 5. The first-order chi connectivity index (χ1) is 8.38. The molecule has 0 aliphatic heterocycles. The van der Waals surface area contributed by atoms with Gasteiger partial charge in [-0.1, -0.05) is 0 Å². The predicted molar refractivity (Wildman–Crippen MR) is 69.2 cm³/mol. The van der Waals surface area contributed by atoms with E-state index in [0.29, 0.717) is 18.0 Å². The molecule has 0 heterocycles. The van der Waals surface area contributed by atoms with Crippen LogP contribution in [-0.4, -0.2) is 31.3 Å². The molecule has 6 nitrogen and oxygen atoms in total. The number of hydrogen-bond donors (Lipinski definition) is 1. The van der Waals surface area contributed by atoms with Crippen LogP contribution >= 0.6 is 0 Å². The minimum absolute atomic E-state index is 0.00920. The lowest BCUT2D eigenvalue weighted by molar-refractivity contribution is -0.384. The first kappa shape index (κ1) is 14.2. The highest BCUT2D eigenvalue weighted by molar-refractivity contribution is 5.57. The molecule has 0 saturated carbocycles. The van der Waals surface area contributed by atoms with Crippen LogP contribution in [0.3, 0.4) is 0 Å². The molecule has 0 saturated heterocycles. The number of benzene rings is 1. The Labute approximate surface area is 106 Å². The van der Waals surface area contributed by atoms with Crippen molar-refractivity contribution in [3.63, 3.8) is 0 Å². The Bertz CT molecular complexity index is 432. The van der Waals surface area contributed by atoms with Gasteiger partial charge in [-0.05, 0) is 13.8 Å². The van der Waals surface area contributed by atoms with Crippen LogP contribution in [0, 0.1) is 10.1 Å². The highest BCUT2D eigenvalue weighted by Gasteiger charge is 2.19. The topological polar surface area (TPSA) is 73.6 Å². The van der Waals surface area contributed by atoms with Crippen molar-refractivity contribution in [1.82, 2.24) is 0 Å². The average Bonchev–Trinajstić information content (AvgIpc) is 2.27. The summed E-state index contributed by atoms with van der Waals surface area (Å²) in [6, 6.07) is 4.57. The predicted octanol–water partition coefficient (Wildman–Crippen LogP) is 2.44. The molecule has 0 aliphatic rings. The number of nitrogens with zero attached hydrogens (tertiary/aromatic N) is 1. The molecule has 100 valence electrons. The summed E-state index contributed by atoms with van der Waals surface area (Å²) in [6.07, 6.45) is 0. The van der Waals surface area contributed by atoms with E-state index in [2.05, 4.69) is 5.32 Å². The van der Waals surface area contributed by atoms with E-state index in [0.717, 1.165) is 0 Å². The zero-order chi connectivity index (χ0) is 13.8. The fraction of sp³-hybridized carbons (Fsp3) is 0.500. The summed E-state index contributed by atoms with van der Waals surface area (Å²) in [4.78, 5) is 10.4. The second-order valence-corrected chi connectivity index (χ2v) is 4.62. The molecule has 1 aromatic rings. The zero-order valence-electron chi connectivity index (χ0n) is 11.0. The second-order valence-electron chi connectivity index (χ2n) is 4.62. The molecule has 0 fully saturated rings. The van der Waals surface area contributed by atoms with Gasteiger partial charge in [-0.15, -0.1) is 0 Å². The molecule has 0 radical (unpaired) electrons. The number of anilines is 1. The number of nitro groups is 1. The third kappa shape index (κ3) is 3.89. The lowest BCUT2D eigenvalue weighted by Gasteiger charge is -2.26. The van der Waals surface area contributed by atoms with Gasteiger partial charge in [0, 0.05) is 24.9 Å². The van der Waals surface area contributed by atoms with Gasteiger partial charge in [0.05, 0.1) is 30.2 Å². The lowest BCUT2D eigenvalue weighted by Crippen LogP contribution is -2.35. The van der Waals surface area contributed by atoms with Gasteiger partial charge in [-0.2, -0.15) is 0 Å². The summed E-state index contributed by atoms with van der Waals surface area (Å²) in [5.74, 6) is 0.444. The third-order valence-corrected chi connectivity index (χ3v) is 2.33. The molecule has 0 unspecified atom stereocenters. The molecule has 0 amide bonds. The van der Waals surface area contributed by atoms with Crippen molar-refractivity contribution in [2.24, 2.45) is 0 Å². The minimum Gasteiger partial charge on any atom is -0.496 e. The van der Waals surface area contributed by atoms with Gasteiger partial charge < -0.3 is 14.8 Å². The number of non-ortho nitro benzene ring substituents is 1. The third-order valence-electron chi connectivity index (χ3n) is 2.33. The Kier molecular flexibility index (Phi) is 4.49. The zero-order valence-corrected chi connectivity index (χ0v) is 11.0. The van der Waals surface area contributed by atoms with E-state index < -0.39 is 4.92 Å². The van der Waals surface area contributed by atoms with Crippen molar-refractivity contribution in [3.05, 3.63) is 28.3 Å². The van der Waals surface area contributed by atoms with Crippen molar-refractivity contribution in [2.45, 2.75) is 19.4 Å². The van der Waals surface area contributed by atoms with E-state index in [1.54, 1.807) is 13.2 Å². The summed E-state index contributed by atoms with van der Waals surface area (Å²) in [7, 11) is 3.08. The van der Waals surface area contributed by atoms with Crippen molar-refractivity contribution < 1.29 is 14.4 Å². The summed E-state index contributed by atoms with van der Waals surface area (Å²) in [6.45, 7) is 4.38. The maximum absolute atomic E-state index is 10.8. The van der Waals surface area contributed by atoms with E-state index in [4.69, 9.17) is 9.47 Å². The number of nitro benzene ring substituents is 1. The van der Waals surface area contributed by atoms with Crippen LogP contribution in [0.4, 0.5) is 11.4 Å². The van der Waals surface area contributed by atoms with Gasteiger partial charge >= 0.3 is 0 Å². The standard InChI is InChI=1S/C12H18N2O4/c1-12(2,8-17-3)13-9-5-10(14(15)16)7-11(6-9)18-4/h5-7,13H,8H2,1-4H3. The molecule has 18 heavy (non-hydrogen) atoms. The Morgan fingerprint density at radius 1 is 1.33 bits per heavy atom. The van der Waals surface area contributed by atoms with Gasteiger partial charge in [0.1, 0.15) is 5.75 Å². The smallest absolute Gasteiger partial charge is 0.275 e. The first-order valence-corrected chi connectivity index (χ1v) is 5.48. The quantitative estimate of drug-likeness (QED) is 0.623. The van der Waals surface area contributed by atoms with Crippen LogP contribution < -0.4 is 10.1 Å². The highest BCUT2D eigenvalue weighted by Crippen LogP contribution is 2.27. The molecule has 0 atom stereocenters. The maximum Gasteiger partial charge on any atom is 0.275 e. The van der Waals surface area contributed by atoms with E-state index >= 15 is 0 Å². The minimum atomic E-state index is -0.447.